The molecule has 102 valence electrons. The standard InChI is InChI=1S/C14H17NO4/c1-4-15(5-2)13(17)14(18)12(16)10-8-9(3)6-7-11(10)19-14/h6-8,18H,4-5H2,1-3H3. The van der Waals surface area contributed by atoms with Crippen molar-refractivity contribution in [3.05, 3.63) is 29.3 Å². The smallest absolute Gasteiger partial charge is 0.354 e. The van der Waals surface area contributed by atoms with Gasteiger partial charge in [-0.05, 0) is 32.9 Å². The van der Waals surface area contributed by atoms with E-state index >= 15 is 0 Å². The highest BCUT2D eigenvalue weighted by atomic mass is 16.6. The molecule has 5 heteroatoms. The summed E-state index contributed by atoms with van der Waals surface area (Å²) >= 11 is 0. The van der Waals surface area contributed by atoms with E-state index in [0.717, 1.165) is 5.56 Å². The van der Waals surface area contributed by atoms with Crippen molar-refractivity contribution in [2.45, 2.75) is 26.6 Å². The number of nitrogens with zero attached hydrogens (tertiary/aromatic N) is 1. The molecule has 19 heavy (non-hydrogen) atoms. The number of aliphatic hydroxyl groups is 1. The molecule has 2 rings (SSSR count). The fourth-order valence-corrected chi connectivity index (χ4v) is 2.16. The Bertz CT molecular complexity index is 536. The first-order valence-electron chi connectivity index (χ1n) is 6.30. The minimum atomic E-state index is -2.41. The van der Waals surface area contributed by atoms with E-state index in [0.29, 0.717) is 13.1 Å². The highest BCUT2D eigenvalue weighted by Gasteiger charge is 2.54. The molecule has 1 aromatic rings. The number of amides is 1. The van der Waals surface area contributed by atoms with Crippen LogP contribution in [0.5, 0.6) is 5.75 Å². The third-order valence-electron chi connectivity index (χ3n) is 3.29. The van der Waals surface area contributed by atoms with Crippen LogP contribution in [0.1, 0.15) is 29.8 Å². The zero-order valence-electron chi connectivity index (χ0n) is 11.3. The zero-order chi connectivity index (χ0) is 14.2. The number of fused-ring (bicyclic) bond motifs is 1. The summed E-state index contributed by atoms with van der Waals surface area (Å²) in [6.45, 7) is 6.20. The monoisotopic (exact) mass is 263 g/mol. The largest absolute Gasteiger partial charge is 0.446 e. The van der Waals surface area contributed by atoms with Gasteiger partial charge in [0.1, 0.15) is 5.75 Å². The average Bonchev–Trinajstić information content (AvgIpc) is 2.65. The van der Waals surface area contributed by atoms with Gasteiger partial charge in [-0.25, -0.2) is 0 Å². The van der Waals surface area contributed by atoms with Crippen molar-refractivity contribution in [1.82, 2.24) is 4.90 Å². The van der Waals surface area contributed by atoms with E-state index in [9.17, 15) is 14.7 Å². The maximum absolute atomic E-state index is 12.2. The third-order valence-corrected chi connectivity index (χ3v) is 3.29. The maximum atomic E-state index is 12.2. The molecule has 1 atom stereocenters. The van der Waals surface area contributed by atoms with E-state index in [4.69, 9.17) is 4.74 Å². The quantitative estimate of drug-likeness (QED) is 0.830. The number of carbonyl (C=O) groups is 2. The molecule has 5 nitrogen and oxygen atoms in total. The number of carbonyl (C=O) groups excluding carboxylic acids is 2. The second kappa shape index (κ2) is 4.66. The van der Waals surface area contributed by atoms with Crippen molar-refractivity contribution in [2.24, 2.45) is 0 Å². The molecule has 0 radical (unpaired) electrons. The molecule has 0 spiro atoms. The lowest BCUT2D eigenvalue weighted by atomic mass is 10.0. The Hall–Kier alpha value is -1.88. The van der Waals surface area contributed by atoms with Gasteiger partial charge in [0, 0.05) is 13.1 Å². The number of rotatable bonds is 3. The Morgan fingerprint density at radius 1 is 1.37 bits per heavy atom. The predicted molar refractivity (Wildman–Crippen MR) is 69.0 cm³/mol. The Balaban J connectivity index is 2.39. The second-order valence-electron chi connectivity index (χ2n) is 4.55. The molecule has 1 amide bonds. The number of ketones is 1. The molecule has 0 saturated carbocycles. The van der Waals surface area contributed by atoms with Crippen molar-refractivity contribution >= 4 is 11.7 Å². The lowest BCUT2D eigenvalue weighted by Crippen LogP contribution is -2.55. The van der Waals surface area contributed by atoms with Crippen LogP contribution >= 0.6 is 0 Å². The number of aryl methyl sites for hydroxylation is 1. The molecule has 1 unspecified atom stereocenters. The van der Waals surface area contributed by atoms with Crippen LogP contribution in [0.4, 0.5) is 0 Å². The van der Waals surface area contributed by atoms with Crippen molar-refractivity contribution in [3.63, 3.8) is 0 Å². The fourth-order valence-electron chi connectivity index (χ4n) is 2.16. The Labute approximate surface area is 111 Å². The summed E-state index contributed by atoms with van der Waals surface area (Å²) in [5.74, 6) is -3.57. The van der Waals surface area contributed by atoms with Crippen LogP contribution in [0.2, 0.25) is 0 Å². The molecule has 0 bridgehead atoms. The number of hydrogen-bond donors (Lipinski definition) is 1. The fraction of sp³-hybridized carbons (Fsp3) is 0.429. The molecular formula is C14H17NO4. The number of ether oxygens (including phenoxy) is 1. The van der Waals surface area contributed by atoms with Crippen molar-refractivity contribution in [1.29, 1.82) is 0 Å². The molecule has 1 aliphatic rings. The summed E-state index contributed by atoms with van der Waals surface area (Å²) < 4.78 is 5.22. The van der Waals surface area contributed by atoms with E-state index in [1.165, 1.54) is 4.90 Å². The van der Waals surface area contributed by atoms with Gasteiger partial charge in [0.2, 0.25) is 5.78 Å². The third kappa shape index (κ3) is 2.00. The van der Waals surface area contributed by atoms with Crippen LogP contribution in [0.3, 0.4) is 0 Å². The molecule has 1 aromatic carbocycles. The van der Waals surface area contributed by atoms with Gasteiger partial charge < -0.3 is 14.7 Å². The van der Waals surface area contributed by atoms with Crippen molar-refractivity contribution in [2.75, 3.05) is 13.1 Å². The van der Waals surface area contributed by atoms with Gasteiger partial charge in [0.05, 0.1) is 5.56 Å². The van der Waals surface area contributed by atoms with Crippen LogP contribution < -0.4 is 4.74 Å². The molecule has 1 heterocycles. The van der Waals surface area contributed by atoms with E-state index in [2.05, 4.69) is 0 Å². The Morgan fingerprint density at radius 3 is 2.58 bits per heavy atom. The summed E-state index contributed by atoms with van der Waals surface area (Å²) in [6.07, 6.45) is 0. The lowest BCUT2D eigenvalue weighted by Gasteiger charge is -2.26. The highest BCUT2D eigenvalue weighted by molar-refractivity contribution is 6.18. The Kier molecular flexibility index (Phi) is 3.32. The van der Waals surface area contributed by atoms with Gasteiger partial charge in [0.25, 0.3) is 0 Å². The van der Waals surface area contributed by atoms with Gasteiger partial charge in [-0.3, -0.25) is 9.59 Å². The lowest BCUT2D eigenvalue weighted by molar-refractivity contribution is -0.169. The average molecular weight is 263 g/mol. The van der Waals surface area contributed by atoms with E-state index in [-0.39, 0.29) is 11.3 Å². The molecular weight excluding hydrogens is 246 g/mol. The number of benzene rings is 1. The highest BCUT2D eigenvalue weighted by Crippen LogP contribution is 2.35. The second-order valence-corrected chi connectivity index (χ2v) is 4.55. The predicted octanol–water partition coefficient (Wildman–Crippen LogP) is 1.13. The minimum absolute atomic E-state index is 0.249. The first-order valence-corrected chi connectivity index (χ1v) is 6.30. The summed E-state index contributed by atoms with van der Waals surface area (Å²) in [5, 5.41) is 10.3. The molecule has 1 N–H and O–H groups in total. The molecule has 0 saturated heterocycles. The molecule has 0 aromatic heterocycles. The van der Waals surface area contributed by atoms with Crippen LogP contribution in [-0.4, -0.2) is 40.6 Å². The van der Waals surface area contributed by atoms with E-state index in [1.54, 1.807) is 32.0 Å². The van der Waals surface area contributed by atoms with Crippen LogP contribution in [0.25, 0.3) is 0 Å². The summed E-state index contributed by atoms with van der Waals surface area (Å²) in [7, 11) is 0. The van der Waals surface area contributed by atoms with Gasteiger partial charge in [0.15, 0.2) is 0 Å². The van der Waals surface area contributed by atoms with Crippen LogP contribution in [0, 0.1) is 6.92 Å². The van der Waals surface area contributed by atoms with Gasteiger partial charge in [-0.1, -0.05) is 11.6 Å². The summed E-state index contributed by atoms with van der Waals surface area (Å²) in [5.41, 5.74) is 1.12. The number of hydrogen-bond acceptors (Lipinski definition) is 4. The number of likely N-dealkylation sites (N-methyl/N-ethyl adjacent to an activating group) is 1. The minimum Gasteiger partial charge on any atom is -0.446 e. The van der Waals surface area contributed by atoms with Crippen molar-refractivity contribution < 1.29 is 19.4 Å². The topological polar surface area (TPSA) is 66.8 Å². The molecule has 0 aliphatic carbocycles. The Morgan fingerprint density at radius 2 is 2.00 bits per heavy atom. The van der Waals surface area contributed by atoms with E-state index in [1.807, 2.05) is 6.92 Å². The first-order chi connectivity index (χ1) is 8.93. The normalized spacial score (nSPS) is 20.9. The molecule has 0 fully saturated rings. The first kappa shape index (κ1) is 13.5. The van der Waals surface area contributed by atoms with Crippen LogP contribution in [0.15, 0.2) is 18.2 Å². The maximum Gasteiger partial charge on any atom is 0.354 e. The summed E-state index contributed by atoms with van der Waals surface area (Å²) in [4.78, 5) is 25.8. The van der Waals surface area contributed by atoms with Gasteiger partial charge in [-0.15, -0.1) is 0 Å². The van der Waals surface area contributed by atoms with E-state index < -0.39 is 17.5 Å². The SMILES string of the molecule is CCN(CC)C(=O)C1(O)Oc2ccc(C)cc2C1=O. The number of Topliss-reactive ketones (excluding diaryl/α,β-unsaturated/α-hetero) is 1. The molecule has 1 aliphatic heterocycles. The van der Waals surface area contributed by atoms with Gasteiger partial charge >= 0.3 is 11.7 Å². The zero-order valence-corrected chi connectivity index (χ0v) is 11.3. The van der Waals surface area contributed by atoms with Crippen molar-refractivity contribution in [3.8, 4) is 5.75 Å². The summed E-state index contributed by atoms with van der Waals surface area (Å²) in [6, 6.07) is 4.97. The van der Waals surface area contributed by atoms with Gasteiger partial charge in [-0.2, -0.15) is 0 Å². The van der Waals surface area contributed by atoms with Crippen LogP contribution in [-0.2, 0) is 4.79 Å².